The van der Waals surface area contributed by atoms with E-state index in [2.05, 4.69) is 0 Å². The molecule has 3 nitrogen and oxygen atoms in total. The van der Waals surface area contributed by atoms with Crippen LogP contribution < -0.4 is 77.0 Å². The van der Waals surface area contributed by atoms with Gasteiger partial charge in [0.2, 0.25) is 0 Å². The summed E-state index contributed by atoms with van der Waals surface area (Å²) in [4.78, 5) is 0. The minimum absolute atomic E-state index is 0. The standard InChI is InChI=1S/BH3O3.Li.Rb.2H/c2-1(3)4;;;;/h2-4H;;;;/q;2*+1;2*-1. The molecule has 0 unspecified atom stereocenters. The molecule has 28 valence electrons. The molecule has 0 saturated heterocycles. The van der Waals surface area contributed by atoms with E-state index in [9.17, 15) is 0 Å². The average molecular weight is 156 g/mol. The maximum Gasteiger partial charge on any atom is 1.00 e. The van der Waals surface area contributed by atoms with Gasteiger partial charge in [-0.25, -0.2) is 0 Å². The molecular formula is H5BLiO3Rb. The third kappa shape index (κ3) is 32.9. The largest absolute Gasteiger partial charge is 1.00 e. The minimum Gasteiger partial charge on any atom is -1.00 e. The van der Waals surface area contributed by atoms with E-state index in [1.54, 1.807) is 0 Å². The van der Waals surface area contributed by atoms with Gasteiger partial charge in [-0.05, 0) is 0 Å². The van der Waals surface area contributed by atoms with Crippen LogP contribution in [0.1, 0.15) is 2.85 Å². The van der Waals surface area contributed by atoms with E-state index < -0.39 is 7.32 Å². The van der Waals surface area contributed by atoms with Gasteiger partial charge in [-0.15, -0.1) is 0 Å². The molecule has 0 aromatic heterocycles. The molecule has 3 N–H and O–H groups in total. The fraction of sp³-hybridized carbons (Fsp3) is 0. The van der Waals surface area contributed by atoms with E-state index >= 15 is 0 Å². The van der Waals surface area contributed by atoms with Crippen molar-refractivity contribution in [3.8, 4) is 0 Å². The van der Waals surface area contributed by atoms with E-state index in [1.807, 2.05) is 0 Å². The van der Waals surface area contributed by atoms with Crippen LogP contribution in [0.4, 0.5) is 0 Å². The topological polar surface area (TPSA) is 60.7 Å². The second-order valence-corrected chi connectivity index (χ2v) is 0.346. The summed E-state index contributed by atoms with van der Waals surface area (Å²) in [6.45, 7) is 0. The molecule has 0 aliphatic carbocycles. The van der Waals surface area contributed by atoms with Crippen LogP contribution in [0, 0.1) is 0 Å². The van der Waals surface area contributed by atoms with Crippen molar-refractivity contribution in [3.05, 3.63) is 0 Å². The smallest absolute Gasteiger partial charge is 1.00 e. The Labute approximate surface area is 100 Å². The molecule has 0 aromatic carbocycles. The molecule has 0 fully saturated rings. The zero-order valence-corrected chi connectivity index (χ0v) is 8.84. The molecule has 0 rings (SSSR count). The molecule has 0 saturated carbocycles. The maximum atomic E-state index is 7.17. The molecular weight excluding hydrogens is 151 g/mol. The van der Waals surface area contributed by atoms with Crippen LogP contribution >= 0.6 is 0 Å². The minimum atomic E-state index is -2.17. The first-order valence-electron chi connectivity index (χ1n) is 0.775. The summed E-state index contributed by atoms with van der Waals surface area (Å²) < 4.78 is 0. The van der Waals surface area contributed by atoms with Crippen molar-refractivity contribution < 1.29 is 95.0 Å². The molecule has 0 bridgehead atoms. The van der Waals surface area contributed by atoms with Crippen LogP contribution in [-0.4, -0.2) is 22.4 Å². The quantitative estimate of drug-likeness (QED) is 0.305. The Balaban J connectivity index is -0.00000000750. The molecule has 0 atom stereocenters. The SMILES string of the molecule is OB(O)O.[H-].[H-].[Li+].[Rb+]. The Hall–Kier alpha value is 2.35. The molecule has 0 aromatic rings. The van der Waals surface area contributed by atoms with Gasteiger partial charge in [0.05, 0.1) is 0 Å². The first-order valence-corrected chi connectivity index (χ1v) is 0.775. The Kier molecular flexibility index (Phi) is 27.2. The van der Waals surface area contributed by atoms with E-state index in [-0.39, 0.29) is 79.9 Å². The monoisotopic (exact) mass is 156 g/mol. The van der Waals surface area contributed by atoms with Crippen LogP contribution in [0.3, 0.4) is 0 Å². The number of rotatable bonds is 0. The van der Waals surface area contributed by atoms with Crippen molar-refractivity contribution in [3.63, 3.8) is 0 Å². The first-order chi connectivity index (χ1) is 1.73. The van der Waals surface area contributed by atoms with E-state index in [1.165, 1.54) is 0 Å². The molecule has 0 aliphatic heterocycles. The summed E-state index contributed by atoms with van der Waals surface area (Å²) in [5.74, 6) is 0. The maximum absolute atomic E-state index is 7.17. The summed E-state index contributed by atoms with van der Waals surface area (Å²) in [5, 5.41) is 21.5. The number of hydrogen-bond acceptors (Lipinski definition) is 3. The summed E-state index contributed by atoms with van der Waals surface area (Å²) in [7, 11) is -2.17. The third-order valence-electron chi connectivity index (χ3n) is 0. The van der Waals surface area contributed by atoms with Crippen molar-refractivity contribution in [1.82, 2.24) is 0 Å². The summed E-state index contributed by atoms with van der Waals surface area (Å²) in [6.07, 6.45) is 0. The summed E-state index contributed by atoms with van der Waals surface area (Å²) >= 11 is 0. The Morgan fingerprint density at radius 3 is 1.17 bits per heavy atom. The molecule has 0 heterocycles. The van der Waals surface area contributed by atoms with Gasteiger partial charge in [0, 0.05) is 0 Å². The summed E-state index contributed by atoms with van der Waals surface area (Å²) in [6, 6.07) is 0. The Morgan fingerprint density at radius 2 is 1.17 bits per heavy atom. The van der Waals surface area contributed by atoms with Gasteiger partial charge >= 0.3 is 84.4 Å². The van der Waals surface area contributed by atoms with Gasteiger partial charge in [0.15, 0.2) is 0 Å². The number of hydrogen-bond donors (Lipinski definition) is 3. The molecule has 6 heavy (non-hydrogen) atoms. The van der Waals surface area contributed by atoms with Gasteiger partial charge in [0.1, 0.15) is 0 Å². The van der Waals surface area contributed by atoms with Gasteiger partial charge in [-0.1, -0.05) is 0 Å². The van der Waals surface area contributed by atoms with E-state index in [4.69, 9.17) is 15.1 Å². The fourth-order valence-electron chi connectivity index (χ4n) is 0. The normalized spacial score (nSPS) is 4.50. The zero-order chi connectivity index (χ0) is 3.58. The van der Waals surface area contributed by atoms with Crippen LogP contribution in [0.15, 0.2) is 0 Å². The van der Waals surface area contributed by atoms with Crippen LogP contribution in [0.2, 0.25) is 0 Å². The van der Waals surface area contributed by atoms with E-state index in [0.717, 1.165) is 0 Å². The second kappa shape index (κ2) is 10.4. The predicted octanol–water partition coefficient (Wildman–Crippen LogP) is -7.82. The molecule has 6 heteroatoms. The van der Waals surface area contributed by atoms with Crippen molar-refractivity contribution >= 4 is 7.32 Å². The molecule has 0 aliphatic rings. The van der Waals surface area contributed by atoms with Gasteiger partial charge in [-0.3, -0.25) is 0 Å². The van der Waals surface area contributed by atoms with Crippen molar-refractivity contribution in [2.75, 3.05) is 0 Å². The molecule has 0 radical (unpaired) electrons. The molecule has 0 amide bonds. The average Bonchev–Trinajstić information content (AvgIpc) is 0.811. The van der Waals surface area contributed by atoms with E-state index in [0.29, 0.717) is 0 Å². The van der Waals surface area contributed by atoms with Gasteiger partial charge < -0.3 is 17.9 Å². The first kappa shape index (κ1) is 15.8. The van der Waals surface area contributed by atoms with Crippen LogP contribution in [-0.2, 0) is 0 Å². The van der Waals surface area contributed by atoms with Crippen molar-refractivity contribution in [1.29, 1.82) is 0 Å². The Morgan fingerprint density at radius 1 is 1.17 bits per heavy atom. The van der Waals surface area contributed by atoms with Gasteiger partial charge in [-0.2, -0.15) is 0 Å². The fourth-order valence-corrected chi connectivity index (χ4v) is 0. The van der Waals surface area contributed by atoms with Crippen molar-refractivity contribution in [2.45, 2.75) is 0 Å². The predicted molar refractivity (Wildman–Crippen MR) is 14.6 cm³/mol. The Bertz CT molecular complexity index is 22.0. The van der Waals surface area contributed by atoms with Gasteiger partial charge in [0.25, 0.3) is 0 Å². The third-order valence-corrected chi connectivity index (χ3v) is 0. The molecule has 0 spiro atoms. The second-order valence-electron chi connectivity index (χ2n) is 0.346. The zero-order valence-electron chi connectivity index (χ0n) is 5.92. The van der Waals surface area contributed by atoms with Crippen LogP contribution in [0.25, 0.3) is 0 Å². The summed E-state index contributed by atoms with van der Waals surface area (Å²) in [5.41, 5.74) is 0. The van der Waals surface area contributed by atoms with Crippen molar-refractivity contribution in [2.24, 2.45) is 0 Å². The van der Waals surface area contributed by atoms with Crippen LogP contribution in [0.5, 0.6) is 0 Å².